The monoisotopic (exact) mass is 363 g/mol. The minimum Gasteiger partial charge on any atom is -0.368 e. The van der Waals surface area contributed by atoms with Crippen LogP contribution in [0.1, 0.15) is 12.0 Å². The molecule has 1 aromatic rings. The summed E-state index contributed by atoms with van der Waals surface area (Å²) in [6.07, 6.45) is -4.87. The summed E-state index contributed by atoms with van der Waals surface area (Å²) in [6.45, 7) is 1.10. The molecule has 0 aromatic heterocycles. The normalized spacial score (nSPS) is 23.8. The Kier molecular flexibility index (Phi) is 4.61. The molecule has 1 amide bonds. The van der Waals surface area contributed by atoms with E-state index in [1.807, 2.05) is 4.90 Å². The van der Waals surface area contributed by atoms with Crippen molar-refractivity contribution in [2.24, 2.45) is 0 Å². The van der Waals surface area contributed by atoms with Crippen molar-refractivity contribution in [1.29, 1.82) is 0 Å². The Hall–Kier alpha value is -1.90. The van der Waals surface area contributed by atoms with Gasteiger partial charge in [-0.15, -0.1) is 0 Å². The Bertz CT molecular complexity index is 624. The van der Waals surface area contributed by atoms with Crippen molar-refractivity contribution in [3.05, 3.63) is 29.8 Å². The van der Waals surface area contributed by atoms with Crippen LogP contribution in [-0.4, -0.2) is 55.5 Å². The number of halogens is 5. The molecule has 2 heterocycles. The number of hydrogen-bond donors (Lipinski definition) is 1. The summed E-state index contributed by atoms with van der Waals surface area (Å²) in [5.41, 5.74) is -0.0658. The summed E-state index contributed by atoms with van der Waals surface area (Å²) in [7, 11) is 0. The number of nitrogens with zero attached hydrogens (tertiary/aromatic N) is 2. The van der Waals surface area contributed by atoms with Gasteiger partial charge in [-0.3, -0.25) is 10.1 Å². The van der Waals surface area contributed by atoms with Gasteiger partial charge in [-0.05, 0) is 24.3 Å². The first kappa shape index (κ1) is 17.9. The SMILES string of the molecule is O=C(C1CC(F)(F)CN1)N1CCN(c2ccc(C(F)(F)F)cc2)CC1. The van der Waals surface area contributed by atoms with Gasteiger partial charge in [0.2, 0.25) is 5.91 Å². The summed E-state index contributed by atoms with van der Waals surface area (Å²) in [5.74, 6) is -3.20. The molecule has 2 aliphatic rings. The van der Waals surface area contributed by atoms with Crippen molar-refractivity contribution < 1.29 is 26.7 Å². The van der Waals surface area contributed by atoms with Crippen LogP contribution in [0.3, 0.4) is 0 Å². The standard InChI is InChI=1S/C16H18F5N3O/c17-15(18)9-13(22-10-15)14(25)24-7-5-23(6-8-24)12-3-1-11(2-4-12)16(19,20)21/h1-4,13,22H,5-10H2. The van der Waals surface area contributed by atoms with Gasteiger partial charge in [0.15, 0.2) is 0 Å². The van der Waals surface area contributed by atoms with Crippen LogP contribution in [0.2, 0.25) is 0 Å². The molecular weight excluding hydrogens is 345 g/mol. The van der Waals surface area contributed by atoms with Crippen molar-refractivity contribution in [2.75, 3.05) is 37.6 Å². The van der Waals surface area contributed by atoms with E-state index >= 15 is 0 Å². The number of hydrogen-bond acceptors (Lipinski definition) is 3. The number of amides is 1. The highest BCUT2D eigenvalue weighted by Crippen LogP contribution is 2.31. The number of carbonyl (C=O) groups is 1. The lowest BCUT2D eigenvalue weighted by Crippen LogP contribution is -2.53. The van der Waals surface area contributed by atoms with Crippen LogP contribution in [-0.2, 0) is 11.0 Å². The van der Waals surface area contributed by atoms with Gasteiger partial charge < -0.3 is 9.80 Å². The minimum absolute atomic E-state index is 0.343. The molecule has 9 heteroatoms. The zero-order valence-electron chi connectivity index (χ0n) is 13.3. The maximum Gasteiger partial charge on any atom is 0.416 e. The first-order valence-corrected chi connectivity index (χ1v) is 7.98. The summed E-state index contributed by atoms with van der Waals surface area (Å²) in [5, 5.41) is 2.55. The van der Waals surface area contributed by atoms with Gasteiger partial charge in [0.25, 0.3) is 5.92 Å². The molecule has 2 fully saturated rings. The van der Waals surface area contributed by atoms with Crippen molar-refractivity contribution >= 4 is 11.6 Å². The van der Waals surface area contributed by atoms with E-state index in [0.29, 0.717) is 31.9 Å². The lowest BCUT2D eigenvalue weighted by molar-refractivity contribution is -0.137. The molecule has 25 heavy (non-hydrogen) atoms. The molecular formula is C16H18F5N3O. The Morgan fingerprint density at radius 3 is 2.16 bits per heavy atom. The maximum atomic E-state index is 13.2. The summed E-state index contributed by atoms with van der Waals surface area (Å²) < 4.78 is 64.2. The number of benzene rings is 1. The van der Waals surface area contributed by atoms with Crippen LogP contribution in [0.15, 0.2) is 24.3 Å². The largest absolute Gasteiger partial charge is 0.416 e. The van der Waals surface area contributed by atoms with E-state index < -0.39 is 36.7 Å². The fraction of sp³-hybridized carbons (Fsp3) is 0.562. The molecule has 1 atom stereocenters. The number of carbonyl (C=O) groups excluding carboxylic acids is 1. The number of alkyl halides is 5. The highest BCUT2D eigenvalue weighted by Gasteiger charge is 2.43. The first-order chi connectivity index (χ1) is 11.7. The quantitative estimate of drug-likeness (QED) is 0.820. The molecule has 0 saturated carbocycles. The Morgan fingerprint density at radius 2 is 1.68 bits per heavy atom. The van der Waals surface area contributed by atoms with Gasteiger partial charge in [-0.1, -0.05) is 0 Å². The molecule has 138 valence electrons. The van der Waals surface area contributed by atoms with Crippen LogP contribution in [0, 0.1) is 0 Å². The van der Waals surface area contributed by atoms with Crippen molar-refractivity contribution in [3.63, 3.8) is 0 Å². The third kappa shape index (κ3) is 4.02. The third-order valence-electron chi connectivity index (χ3n) is 4.56. The lowest BCUT2D eigenvalue weighted by atomic mass is 10.1. The average Bonchev–Trinajstić information content (AvgIpc) is 2.94. The Balaban J connectivity index is 1.56. The third-order valence-corrected chi connectivity index (χ3v) is 4.56. The summed E-state index contributed by atoms with van der Waals surface area (Å²) in [6, 6.07) is 3.99. The van der Waals surface area contributed by atoms with E-state index in [9.17, 15) is 26.7 Å². The second-order valence-electron chi connectivity index (χ2n) is 6.35. The average molecular weight is 363 g/mol. The summed E-state index contributed by atoms with van der Waals surface area (Å²) in [4.78, 5) is 15.7. The predicted octanol–water partition coefficient (Wildman–Crippen LogP) is 2.35. The van der Waals surface area contributed by atoms with E-state index in [4.69, 9.17) is 0 Å². The van der Waals surface area contributed by atoms with Crippen LogP contribution < -0.4 is 10.2 Å². The topological polar surface area (TPSA) is 35.6 Å². The van der Waals surface area contributed by atoms with Gasteiger partial charge in [0.1, 0.15) is 0 Å². The molecule has 0 spiro atoms. The number of piperazine rings is 1. The van der Waals surface area contributed by atoms with Gasteiger partial charge in [-0.2, -0.15) is 13.2 Å². The van der Waals surface area contributed by atoms with E-state index in [1.54, 1.807) is 0 Å². The van der Waals surface area contributed by atoms with Crippen LogP contribution in [0.4, 0.5) is 27.6 Å². The number of rotatable bonds is 2. The fourth-order valence-electron chi connectivity index (χ4n) is 3.16. The van der Waals surface area contributed by atoms with Crippen LogP contribution >= 0.6 is 0 Å². The molecule has 1 unspecified atom stereocenters. The molecule has 1 N–H and O–H groups in total. The first-order valence-electron chi connectivity index (χ1n) is 7.98. The number of nitrogens with one attached hydrogen (secondary N) is 1. The van der Waals surface area contributed by atoms with Gasteiger partial charge in [-0.25, -0.2) is 8.78 Å². The second kappa shape index (κ2) is 6.44. The molecule has 2 saturated heterocycles. The number of anilines is 1. The molecule has 1 aromatic carbocycles. The van der Waals surface area contributed by atoms with Crippen LogP contribution in [0.5, 0.6) is 0 Å². The molecule has 0 bridgehead atoms. The van der Waals surface area contributed by atoms with Crippen LogP contribution in [0.25, 0.3) is 0 Å². The molecule has 3 rings (SSSR count). The zero-order valence-corrected chi connectivity index (χ0v) is 13.3. The molecule has 4 nitrogen and oxygen atoms in total. The highest BCUT2D eigenvalue weighted by molar-refractivity contribution is 5.82. The predicted molar refractivity (Wildman–Crippen MR) is 81.6 cm³/mol. The second-order valence-corrected chi connectivity index (χ2v) is 6.35. The van der Waals surface area contributed by atoms with E-state index in [-0.39, 0.29) is 5.91 Å². The maximum absolute atomic E-state index is 13.2. The van der Waals surface area contributed by atoms with E-state index in [2.05, 4.69) is 5.32 Å². The van der Waals surface area contributed by atoms with Gasteiger partial charge >= 0.3 is 6.18 Å². The van der Waals surface area contributed by atoms with E-state index in [0.717, 1.165) is 12.1 Å². The van der Waals surface area contributed by atoms with Gasteiger partial charge in [0.05, 0.1) is 18.2 Å². The fourth-order valence-corrected chi connectivity index (χ4v) is 3.16. The molecule has 0 aliphatic carbocycles. The smallest absolute Gasteiger partial charge is 0.368 e. The minimum atomic E-state index is -4.38. The highest BCUT2D eigenvalue weighted by atomic mass is 19.4. The Morgan fingerprint density at radius 1 is 1.08 bits per heavy atom. The van der Waals surface area contributed by atoms with E-state index in [1.165, 1.54) is 17.0 Å². The lowest BCUT2D eigenvalue weighted by Gasteiger charge is -2.37. The Labute approximate surface area is 141 Å². The van der Waals surface area contributed by atoms with Crippen molar-refractivity contribution in [3.8, 4) is 0 Å². The summed E-state index contributed by atoms with van der Waals surface area (Å²) >= 11 is 0. The van der Waals surface area contributed by atoms with Crippen molar-refractivity contribution in [2.45, 2.75) is 24.6 Å². The molecule has 2 aliphatic heterocycles. The molecule has 0 radical (unpaired) electrons. The zero-order chi connectivity index (χ0) is 18.2. The van der Waals surface area contributed by atoms with Crippen molar-refractivity contribution in [1.82, 2.24) is 10.2 Å². The van der Waals surface area contributed by atoms with Gasteiger partial charge in [0, 0.05) is 38.3 Å².